The molecule has 132 valence electrons. The second kappa shape index (κ2) is 11.9. The number of benzene rings is 1. The SMILES string of the molecule is CCNC(=NCc1ncc(-c2ccccc2)[nH]1)NCCCOC.I. The van der Waals surface area contributed by atoms with Crippen LogP contribution in [0.5, 0.6) is 0 Å². The largest absolute Gasteiger partial charge is 0.385 e. The van der Waals surface area contributed by atoms with Gasteiger partial charge in [0.25, 0.3) is 0 Å². The molecule has 0 saturated heterocycles. The Morgan fingerprint density at radius 3 is 2.75 bits per heavy atom. The number of H-pyrrole nitrogens is 1. The smallest absolute Gasteiger partial charge is 0.191 e. The summed E-state index contributed by atoms with van der Waals surface area (Å²) in [5.74, 6) is 1.64. The summed E-state index contributed by atoms with van der Waals surface area (Å²) in [5.41, 5.74) is 2.13. The van der Waals surface area contributed by atoms with Crippen LogP contribution >= 0.6 is 24.0 Å². The van der Waals surface area contributed by atoms with Crippen molar-refractivity contribution in [1.82, 2.24) is 20.6 Å². The van der Waals surface area contributed by atoms with Crippen molar-refractivity contribution in [1.29, 1.82) is 0 Å². The third-order valence-corrected chi connectivity index (χ3v) is 3.26. The van der Waals surface area contributed by atoms with Crippen LogP contribution in [0.25, 0.3) is 11.3 Å². The summed E-state index contributed by atoms with van der Waals surface area (Å²) in [6.45, 7) is 4.95. The quantitative estimate of drug-likeness (QED) is 0.254. The predicted octanol–water partition coefficient (Wildman–Crippen LogP) is 2.79. The molecule has 0 fully saturated rings. The number of ether oxygens (including phenoxy) is 1. The molecule has 1 aromatic carbocycles. The molecule has 0 aliphatic rings. The third-order valence-electron chi connectivity index (χ3n) is 3.26. The normalized spacial score (nSPS) is 11.0. The van der Waals surface area contributed by atoms with Gasteiger partial charge in [-0.3, -0.25) is 0 Å². The zero-order valence-electron chi connectivity index (χ0n) is 14.2. The van der Waals surface area contributed by atoms with Gasteiger partial charge in [0.2, 0.25) is 0 Å². The van der Waals surface area contributed by atoms with Crippen LogP contribution in [0.4, 0.5) is 0 Å². The number of nitrogens with zero attached hydrogens (tertiary/aromatic N) is 2. The molecular weight excluding hydrogens is 417 g/mol. The highest BCUT2D eigenvalue weighted by atomic mass is 127. The highest BCUT2D eigenvalue weighted by Crippen LogP contribution is 2.16. The molecule has 0 saturated carbocycles. The van der Waals surface area contributed by atoms with E-state index in [9.17, 15) is 0 Å². The van der Waals surface area contributed by atoms with Gasteiger partial charge in [0, 0.05) is 26.8 Å². The fourth-order valence-corrected chi connectivity index (χ4v) is 2.13. The fraction of sp³-hybridized carbons (Fsp3) is 0.412. The highest BCUT2D eigenvalue weighted by molar-refractivity contribution is 14.0. The van der Waals surface area contributed by atoms with Crippen LogP contribution in [0.3, 0.4) is 0 Å². The molecule has 0 atom stereocenters. The second-order valence-corrected chi connectivity index (χ2v) is 5.08. The van der Waals surface area contributed by atoms with Crippen LogP contribution in [0.2, 0.25) is 0 Å². The molecule has 3 N–H and O–H groups in total. The number of guanidine groups is 1. The van der Waals surface area contributed by atoms with Gasteiger partial charge in [-0.25, -0.2) is 9.98 Å². The van der Waals surface area contributed by atoms with E-state index < -0.39 is 0 Å². The van der Waals surface area contributed by atoms with Gasteiger partial charge in [0.1, 0.15) is 12.4 Å². The maximum atomic E-state index is 5.04. The Kier molecular flexibility index (Phi) is 10.1. The summed E-state index contributed by atoms with van der Waals surface area (Å²) in [7, 11) is 1.71. The van der Waals surface area contributed by atoms with Crippen LogP contribution in [-0.2, 0) is 11.3 Å². The van der Waals surface area contributed by atoms with Gasteiger partial charge < -0.3 is 20.4 Å². The third kappa shape index (κ3) is 6.88. The lowest BCUT2D eigenvalue weighted by Gasteiger charge is -2.10. The molecule has 0 bridgehead atoms. The Hall–Kier alpha value is -1.61. The van der Waals surface area contributed by atoms with Gasteiger partial charge in [-0.1, -0.05) is 30.3 Å². The Morgan fingerprint density at radius 1 is 1.25 bits per heavy atom. The van der Waals surface area contributed by atoms with E-state index in [1.54, 1.807) is 7.11 Å². The van der Waals surface area contributed by atoms with E-state index in [4.69, 9.17) is 4.74 Å². The average Bonchev–Trinajstić information content (AvgIpc) is 3.06. The zero-order chi connectivity index (χ0) is 16.3. The Morgan fingerprint density at radius 2 is 2.04 bits per heavy atom. The molecule has 0 radical (unpaired) electrons. The number of aromatic amines is 1. The minimum atomic E-state index is 0. The first-order valence-corrected chi connectivity index (χ1v) is 7.94. The van der Waals surface area contributed by atoms with E-state index in [1.807, 2.05) is 31.3 Å². The van der Waals surface area contributed by atoms with E-state index in [2.05, 4.69) is 37.7 Å². The van der Waals surface area contributed by atoms with Crippen molar-refractivity contribution in [2.24, 2.45) is 4.99 Å². The van der Waals surface area contributed by atoms with Crippen molar-refractivity contribution in [3.05, 3.63) is 42.4 Å². The zero-order valence-corrected chi connectivity index (χ0v) is 16.5. The first-order valence-electron chi connectivity index (χ1n) is 7.94. The van der Waals surface area contributed by atoms with Crippen LogP contribution in [0, 0.1) is 0 Å². The van der Waals surface area contributed by atoms with Gasteiger partial charge in [0.15, 0.2) is 5.96 Å². The van der Waals surface area contributed by atoms with Gasteiger partial charge in [-0.15, -0.1) is 24.0 Å². The summed E-state index contributed by atoms with van der Waals surface area (Å²) in [6, 6.07) is 10.1. The topological polar surface area (TPSA) is 74.3 Å². The average molecular weight is 443 g/mol. The molecule has 6 nitrogen and oxygen atoms in total. The Bertz CT molecular complexity index is 600. The lowest BCUT2D eigenvalue weighted by Crippen LogP contribution is -2.38. The number of aromatic nitrogens is 2. The van der Waals surface area contributed by atoms with Crippen molar-refractivity contribution in [3.8, 4) is 11.3 Å². The molecule has 2 rings (SSSR count). The van der Waals surface area contributed by atoms with Crippen molar-refractivity contribution in [2.45, 2.75) is 19.9 Å². The maximum absolute atomic E-state index is 5.04. The molecule has 1 aromatic heterocycles. The molecule has 0 aliphatic heterocycles. The molecule has 0 unspecified atom stereocenters. The van der Waals surface area contributed by atoms with Gasteiger partial charge in [0.05, 0.1) is 11.9 Å². The molecule has 0 aliphatic carbocycles. The predicted molar refractivity (Wildman–Crippen MR) is 109 cm³/mol. The first kappa shape index (κ1) is 20.4. The molecule has 24 heavy (non-hydrogen) atoms. The van der Waals surface area contributed by atoms with Gasteiger partial charge in [-0.05, 0) is 18.9 Å². The molecule has 2 aromatic rings. The number of hydrogen-bond donors (Lipinski definition) is 3. The fourth-order valence-electron chi connectivity index (χ4n) is 2.13. The Labute approximate surface area is 160 Å². The number of aliphatic imine (C=N–C) groups is 1. The van der Waals surface area contributed by atoms with Gasteiger partial charge in [-0.2, -0.15) is 0 Å². The van der Waals surface area contributed by atoms with E-state index in [1.165, 1.54) is 0 Å². The second-order valence-electron chi connectivity index (χ2n) is 5.08. The number of rotatable bonds is 8. The Balaban J connectivity index is 0.00000288. The monoisotopic (exact) mass is 443 g/mol. The van der Waals surface area contributed by atoms with Crippen LogP contribution in [0.15, 0.2) is 41.5 Å². The number of hydrogen-bond acceptors (Lipinski definition) is 3. The summed E-state index contributed by atoms with van der Waals surface area (Å²) < 4.78 is 5.04. The molecule has 0 amide bonds. The minimum absolute atomic E-state index is 0. The number of methoxy groups -OCH3 is 1. The van der Waals surface area contributed by atoms with E-state index in [0.717, 1.165) is 49.2 Å². The van der Waals surface area contributed by atoms with Crippen LogP contribution in [-0.4, -0.2) is 42.7 Å². The van der Waals surface area contributed by atoms with E-state index in [-0.39, 0.29) is 24.0 Å². The summed E-state index contributed by atoms with van der Waals surface area (Å²) in [5, 5.41) is 6.51. The van der Waals surface area contributed by atoms with Crippen molar-refractivity contribution >= 4 is 29.9 Å². The van der Waals surface area contributed by atoms with Crippen molar-refractivity contribution in [3.63, 3.8) is 0 Å². The number of nitrogens with one attached hydrogen (secondary N) is 3. The summed E-state index contributed by atoms with van der Waals surface area (Å²) >= 11 is 0. The van der Waals surface area contributed by atoms with Crippen LogP contribution in [0.1, 0.15) is 19.2 Å². The van der Waals surface area contributed by atoms with Crippen LogP contribution < -0.4 is 10.6 Å². The van der Waals surface area contributed by atoms with Crippen molar-refractivity contribution in [2.75, 3.05) is 26.8 Å². The summed E-state index contributed by atoms with van der Waals surface area (Å²) in [6.07, 6.45) is 2.79. The number of halogens is 1. The van der Waals surface area contributed by atoms with E-state index >= 15 is 0 Å². The van der Waals surface area contributed by atoms with E-state index in [0.29, 0.717) is 6.54 Å². The van der Waals surface area contributed by atoms with Crippen molar-refractivity contribution < 1.29 is 4.74 Å². The summed E-state index contributed by atoms with van der Waals surface area (Å²) in [4.78, 5) is 12.3. The van der Waals surface area contributed by atoms with Gasteiger partial charge >= 0.3 is 0 Å². The molecule has 0 spiro atoms. The lowest BCUT2D eigenvalue weighted by molar-refractivity contribution is 0.195. The molecular formula is C17H26IN5O. The standard InChI is InChI=1S/C17H25N5O.HI/c1-3-18-17(19-10-7-11-23-2)21-13-16-20-12-15(22-16)14-8-5-4-6-9-14;/h4-6,8-9,12H,3,7,10-11,13H2,1-2H3,(H,20,22)(H2,18,19,21);1H. The minimum Gasteiger partial charge on any atom is -0.385 e. The first-order chi connectivity index (χ1) is 11.3. The maximum Gasteiger partial charge on any atom is 0.191 e. The number of imidazole rings is 1. The highest BCUT2D eigenvalue weighted by Gasteiger charge is 2.03. The molecule has 7 heteroatoms. The lowest BCUT2D eigenvalue weighted by atomic mass is 10.2. The molecule has 1 heterocycles.